The molecule has 0 N–H and O–H groups in total. The summed E-state index contributed by atoms with van der Waals surface area (Å²) in [5.74, 6) is -0.493. The summed E-state index contributed by atoms with van der Waals surface area (Å²) in [6.07, 6.45) is 1.54. The van der Waals surface area contributed by atoms with Crippen molar-refractivity contribution in [3.05, 3.63) is 76.5 Å². The fraction of sp³-hybridized carbons (Fsp3) is 0.200. The highest BCUT2D eigenvalue weighted by Crippen LogP contribution is 2.19. The third-order valence-electron chi connectivity index (χ3n) is 3.80. The highest BCUT2D eigenvalue weighted by atomic mass is 19.1. The van der Waals surface area contributed by atoms with Crippen molar-refractivity contribution in [1.29, 1.82) is 0 Å². The van der Waals surface area contributed by atoms with Gasteiger partial charge in [0.25, 0.3) is 5.56 Å². The Morgan fingerprint density at radius 1 is 1.08 bits per heavy atom. The maximum Gasteiger partial charge on any atom is 0.345 e. The van der Waals surface area contributed by atoms with E-state index in [4.69, 9.17) is 4.74 Å². The van der Waals surface area contributed by atoms with Crippen molar-refractivity contribution in [3.8, 4) is 5.75 Å². The molecule has 0 spiro atoms. The van der Waals surface area contributed by atoms with Crippen molar-refractivity contribution in [1.82, 2.24) is 4.57 Å². The molecule has 0 amide bonds. The van der Waals surface area contributed by atoms with E-state index in [0.717, 1.165) is 0 Å². The number of esters is 1. The van der Waals surface area contributed by atoms with Crippen LogP contribution in [0.1, 0.15) is 24.2 Å². The molecule has 0 bridgehead atoms. The first-order chi connectivity index (χ1) is 12.0. The second-order valence-corrected chi connectivity index (χ2v) is 6.28. The molecule has 128 valence electrons. The predicted octanol–water partition coefficient (Wildman–Crippen LogP) is 4.02. The van der Waals surface area contributed by atoms with E-state index in [2.05, 4.69) is 0 Å². The van der Waals surface area contributed by atoms with Crippen molar-refractivity contribution in [2.75, 3.05) is 0 Å². The van der Waals surface area contributed by atoms with Gasteiger partial charge >= 0.3 is 5.97 Å². The van der Waals surface area contributed by atoms with Crippen LogP contribution >= 0.6 is 0 Å². The Kier molecular flexibility index (Phi) is 4.65. The molecule has 0 aliphatic heterocycles. The standard InChI is InChI=1S/C20H18FNO3/c1-13(2)11-22-12-18(16-5-3-4-6-17(16)19(22)23)20(24)25-15-9-7-14(21)8-10-15/h3-10,12-13H,11H2,1-2H3. The summed E-state index contributed by atoms with van der Waals surface area (Å²) in [7, 11) is 0. The number of rotatable bonds is 4. The zero-order chi connectivity index (χ0) is 18.0. The van der Waals surface area contributed by atoms with Crippen LogP contribution in [0.3, 0.4) is 0 Å². The van der Waals surface area contributed by atoms with Crippen molar-refractivity contribution in [3.63, 3.8) is 0 Å². The maximum atomic E-state index is 13.0. The summed E-state index contributed by atoms with van der Waals surface area (Å²) in [6.45, 7) is 4.50. The summed E-state index contributed by atoms with van der Waals surface area (Å²) in [5, 5.41) is 1.01. The van der Waals surface area contributed by atoms with E-state index in [1.807, 2.05) is 13.8 Å². The van der Waals surface area contributed by atoms with Gasteiger partial charge in [-0.1, -0.05) is 32.0 Å². The van der Waals surface area contributed by atoms with Gasteiger partial charge in [-0.05, 0) is 36.2 Å². The molecule has 0 fully saturated rings. The Labute approximate surface area is 144 Å². The molecule has 3 aromatic rings. The minimum absolute atomic E-state index is 0.136. The molecule has 1 aromatic heterocycles. The van der Waals surface area contributed by atoms with Gasteiger partial charge in [0.1, 0.15) is 11.6 Å². The number of carbonyl (C=O) groups excluding carboxylic acids is 1. The zero-order valence-corrected chi connectivity index (χ0v) is 14.0. The number of hydrogen-bond donors (Lipinski definition) is 0. The monoisotopic (exact) mass is 339 g/mol. The molecular formula is C20H18FNO3. The van der Waals surface area contributed by atoms with Crippen LogP contribution in [-0.2, 0) is 6.54 Å². The normalized spacial score (nSPS) is 11.0. The lowest BCUT2D eigenvalue weighted by Crippen LogP contribution is -2.25. The Morgan fingerprint density at radius 3 is 2.36 bits per heavy atom. The van der Waals surface area contributed by atoms with Gasteiger partial charge in [0.15, 0.2) is 0 Å². The van der Waals surface area contributed by atoms with E-state index in [1.54, 1.807) is 24.3 Å². The summed E-state index contributed by atoms with van der Waals surface area (Å²) in [6, 6.07) is 12.2. The second-order valence-electron chi connectivity index (χ2n) is 6.28. The Hall–Kier alpha value is -2.95. The summed E-state index contributed by atoms with van der Waals surface area (Å²) in [5.41, 5.74) is 0.169. The number of halogens is 1. The Bertz CT molecular complexity index is 974. The first-order valence-corrected chi connectivity index (χ1v) is 8.05. The third kappa shape index (κ3) is 3.60. The topological polar surface area (TPSA) is 48.3 Å². The molecule has 0 saturated carbocycles. The average molecular weight is 339 g/mol. The van der Waals surface area contributed by atoms with Gasteiger partial charge in [-0.2, -0.15) is 0 Å². The maximum absolute atomic E-state index is 13.0. The smallest absolute Gasteiger partial charge is 0.345 e. The number of ether oxygens (including phenoxy) is 1. The van der Waals surface area contributed by atoms with Gasteiger partial charge in [0.05, 0.1) is 5.56 Å². The number of benzene rings is 2. The molecule has 0 atom stereocenters. The van der Waals surface area contributed by atoms with Gasteiger partial charge in [-0.3, -0.25) is 4.79 Å². The number of aromatic nitrogens is 1. The first kappa shape index (κ1) is 16.9. The highest BCUT2D eigenvalue weighted by molar-refractivity contribution is 6.04. The molecule has 0 aliphatic carbocycles. The van der Waals surface area contributed by atoms with Crippen LogP contribution in [-0.4, -0.2) is 10.5 Å². The molecule has 0 aliphatic rings. The summed E-state index contributed by atoms with van der Waals surface area (Å²) >= 11 is 0. The fourth-order valence-corrected chi connectivity index (χ4v) is 2.70. The van der Waals surface area contributed by atoms with Crippen LogP contribution in [0.2, 0.25) is 0 Å². The molecule has 25 heavy (non-hydrogen) atoms. The lowest BCUT2D eigenvalue weighted by Gasteiger charge is -2.13. The van der Waals surface area contributed by atoms with Crippen LogP contribution in [0.5, 0.6) is 5.75 Å². The second kappa shape index (κ2) is 6.89. The number of hydrogen-bond acceptors (Lipinski definition) is 3. The van der Waals surface area contributed by atoms with Crippen molar-refractivity contribution in [2.24, 2.45) is 5.92 Å². The van der Waals surface area contributed by atoms with Gasteiger partial charge in [0.2, 0.25) is 0 Å². The molecule has 0 unspecified atom stereocenters. The SMILES string of the molecule is CC(C)Cn1cc(C(=O)Oc2ccc(F)cc2)c2ccccc2c1=O. The number of carbonyl (C=O) groups is 1. The summed E-state index contributed by atoms with van der Waals surface area (Å²) in [4.78, 5) is 25.2. The van der Waals surface area contributed by atoms with Gasteiger partial charge < -0.3 is 9.30 Å². The largest absolute Gasteiger partial charge is 0.423 e. The molecule has 4 nitrogen and oxygen atoms in total. The van der Waals surface area contributed by atoms with Crippen LogP contribution in [0, 0.1) is 11.7 Å². The average Bonchev–Trinajstić information content (AvgIpc) is 2.59. The minimum atomic E-state index is -0.583. The van der Waals surface area contributed by atoms with Crippen LogP contribution < -0.4 is 10.3 Å². The lowest BCUT2D eigenvalue weighted by molar-refractivity contribution is 0.0735. The van der Waals surface area contributed by atoms with Crippen molar-refractivity contribution >= 4 is 16.7 Å². The van der Waals surface area contributed by atoms with Crippen molar-refractivity contribution < 1.29 is 13.9 Å². The van der Waals surface area contributed by atoms with Crippen LogP contribution in [0.15, 0.2) is 59.5 Å². The van der Waals surface area contributed by atoms with E-state index in [0.29, 0.717) is 22.9 Å². The van der Waals surface area contributed by atoms with E-state index in [9.17, 15) is 14.0 Å². The quantitative estimate of drug-likeness (QED) is 0.533. The van der Waals surface area contributed by atoms with E-state index in [-0.39, 0.29) is 17.2 Å². The fourth-order valence-electron chi connectivity index (χ4n) is 2.70. The molecule has 3 rings (SSSR count). The van der Waals surface area contributed by atoms with E-state index in [1.165, 1.54) is 35.0 Å². The lowest BCUT2D eigenvalue weighted by atomic mass is 10.1. The van der Waals surface area contributed by atoms with E-state index < -0.39 is 11.8 Å². The molecule has 0 saturated heterocycles. The molecule has 1 heterocycles. The Morgan fingerprint density at radius 2 is 1.72 bits per heavy atom. The zero-order valence-electron chi connectivity index (χ0n) is 14.0. The third-order valence-corrected chi connectivity index (χ3v) is 3.80. The predicted molar refractivity (Wildman–Crippen MR) is 94.4 cm³/mol. The van der Waals surface area contributed by atoms with Gasteiger partial charge in [-0.15, -0.1) is 0 Å². The van der Waals surface area contributed by atoms with Crippen LogP contribution in [0.4, 0.5) is 4.39 Å². The van der Waals surface area contributed by atoms with Gasteiger partial charge in [0, 0.05) is 23.5 Å². The summed E-state index contributed by atoms with van der Waals surface area (Å²) < 4.78 is 19.9. The first-order valence-electron chi connectivity index (χ1n) is 8.05. The number of nitrogens with zero attached hydrogens (tertiary/aromatic N) is 1. The van der Waals surface area contributed by atoms with Gasteiger partial charge in [-0.25, -0.2) is 9.18 Å². The molecular weight excluding hydrogens is 321 g/mol. The van der Waals surface area contributed by atoms with Crippen LogP contribution in [0.25, 0.3) is 10.8 Å². The number of pyridine rings is 1. The van der Waals surface area contributed by atoms with E-state index >= 15 is 0 Å². The molecule has 2 aromatic carbocycles. The number of fused-ring (bicyclic) bond motifs is 1. The van der Waals surface area contributed by atoms with Crippen molar-refractivity contribution in [2.45, 2.75) is 20.4 Å². The minimum Gasteiger partial charge on any atom is -0.423 e. The highest BCUT2D eigenvalue weighted by Gasteiger charge is 2.17. The molecule has 5 heteroatoms. The molecule has 0 radical (unpaired) electrons. The Balaban J connectivity index is 2.07.